The van der Waals surface area contributed by atoms with Crippen molar-refractivity contribution in [2.75, 3.05) is 45.0 Å². The van der Waals surface area contributed by atoms with Crippen LogP contribution in [0.5, 0.6) is 5.75 Å². The zero-order valence-corrected chi connectivity index (χ0v) is 75.9. The second-order valence-electron chi connectivity index (χ2n) is 30.8. The molecule has 13 N–H and O–H groups in total. The van der Waals surface area contributed by atoms with Crippen LogP contribution in [-0.2, 0) is 109 Å². The molecule has 4 aromatic rings. The molecule has 8 amide bonds. The number of ether oxygens (including phenoxy) is 4. The van der Waals surface area contributed by atoms with Crippen molar-refractivity contribution in [1.82, 2.24) is 57.0 Å². The molecule has 1 saturated heterocycles. The third-order valence-corrected chi connectivity index (χ3v) is 24.0. The Bertz CT molecular complexity index is 4340. The van der Waals surface area contributed by atoms with E-state index in [2.05, 4.69) is 59.2 Å². The number of thiol groups is 1. The minimum Gasteiger partial charge on any atom is -0.508 e. The predicted octanol–water partition coefficient (Wildman–Crippen LogP) is 6.47. The molecule has 2 aromatic carbocycles. The number of likely N-dealkylation sites (tertiary alicyclic amines) is 1. The van der Waals surface area contributed by atoms with E-state index in [0.29, 0.717) is 30.6 Å². The van der Waals surface area contributed by atoms with Crippen LogP contribution in [0.2, 0.25) is 0 Å². The summed E-state index contributed by atoms with van der Waals surface area (Å²) in [6, 6.07) is 11.8. The van der Waals surface area contributed by atoms with Crippen LogP contribution in [-0.4, -0.2) is 251 Å². The van der Waals surface area contributed by atoms with Gasteiger partial charge in [0.1, 0.15) is 58.5 Å². The molecule has 43 heteroatoms. The zero-order chi connectivity index (χ0) is 95.1. The Morgan fingerprint density at radius 3 is 1.96 bits per heavy atom. The lowest BCUT2D eigenvalue weighted by Gasteiger charge is -2.39. The molecule has 5 unspecified atom stereocenters. The zero-order valence-electron chi connectivity index (χ0n) is 72.5. The lowest BCUT2D eigenvalue weighted by molar-refractivity contribution is -0.161. The number of likely N-dealkylation sites (N-methyl/N-ethyl adjacent to an activating group) is 1. The largest absolute Gasteiger partial charge is 0.508 e. The number of aliphatic carboxylic acids is 5. The molecule has 13 atom stereocenters. The molecule has 128 heavy (non-hydrogen) atoms. The number of piperidine rings is 1. The summed E-state index contributed by atoms with van der Waals surface area (Å²) in [5.74, 6) is -17.6. The van der Waals surface area contributed by atoms with Gasteiger partial charge in [0.2, 0.25) is 29.5 Å². The SMILES string of the molecule is CCCC(=O)OCN(C(=O)[C@@H](NC(=O)[C@H]1CCCCN1C)C(C)CC)[C@H](C[C@@H](OC(C)=O)c1nc(C(=O)N[C@@H](Cc2ccc(O)cc2)C[C@H](C)C(=O)NCC(=O)OCCSSc2ccccn2)cs1)C(C)C.O=CO[C@@H](CCC(=O)O)NC(=O)N[C@H](CCC(=O)NC(CCC(=O)CC(CC(=O)O)C(=O)NC(Cc1ccccc1)C(=O)CC(CS)C(=O)O)C(=O)O)C(=O)O. The summed E-state index contributed by atoms with van der Waals surface area (Å²) in [5.41, 5.74) is 1.38. The molecule has 0 bridgehead atoms. The van der Waals surface area contributed by atoms with E-state index in [1.807, 2.05) is 70.1 Å². The number of rotatable bonds is 58. The smallest absolute Gasteiger partial charge is 0.326 e. The van der Waals surface area contributed by atoms with Crippen molar-refractivity contribution in [1.29, 1.82) is 0 Å². The standard InChI is InChI=1S/C51H73N7O11S3.C34H44N4O17S/c1-9-15-44(61)68-31-58(51(66)46(33(5)10-2)56-49(65)40-16-12-14-23-57(40)8)41(32(3)4)28-42(69-35(7)59)50-55-39(30-70-50)48(64)54-37(27-36-18-20-38(60)21-19-36)26-34(6)47(63)53-29-45(62)67-24-25-71-72-43-17-11-13-22-52-43;39-17-55-27(10-11-28(43)44)38-34(54)37-23(33(52)53)8-9-26(42)35-22(32(50)51)7-6-21(40)13-19(15-29(45)46)30(47)36-24(12-18-4-2-1-3-5-18)25(41)14-20(16-56)31(48)49/h11,13,17-22,30,32-34,37,40-42,46,60H,9-10,12,14-16,23-29,31H2,1-8H3,(H,53,63)(H,54,64)(H,56,65);1-5,17,19-20,22-24,27,56H,6-16H2,(H,35,42)(H,36,47)(H,43,44)(H,45,46)(H,48,49)(H,50,51)(H,52,53)(H2,37,38,54)/t33?,34-,37+,40+,41+,42+,46-;19?,20?,22?,23-,24?,27+/m01/s1. The van der Waals surface area contributed by atoms with Crippen molar-refractivity contribution >= 4 is 153 Å². The third-order valence-electron chi connectivity index (χ3n) is 20.4. The number of carbonyl (C=O) groups excluding carboxylic acids is 13. The lowest BCUT2D eigenvalue weighted by atomic mass is 9.92. The van der Waals surface area contributed by atoms with E-state index < -0.39 is 225 Å². The number of benzene rings is 2. The normalized spacial score (nSPS) is 15.2. The van der Waals surface area contributed by atoms with Gasteiger partial charge in [0.15, 0.2) is 24.8 Å². The average molecular weight is 1870 g/mol. The Morgan fingerprint density at radius 2 is 1.36 bits per heavy atom. The van der Waals surface area contributed by atoms with Gasteiger partial charge in [-0.25, -0.2) is 24.4 Å². The van der Waals surface area contributed by atoms with Gasteiger partial charge < -0.3 is 91.7 Å². The summed E-state index contributed by atoms with van der Waals surface area (Å²) in [7, 11) is 4.86. The fraction of sp³-hybridized carbons (Fsp3) is 0.553. The number of nitrogens with zero attached hydrogens (tertiary/aromatic N) is 4. The van der Waals surface area contributed by atoms with E-state index in [9.17, 15) is 112 Å². The van der Waals surface area contributed by atoms with E-state index in [1.165, 1.54) is 50.9 Å². The van der Waals surface area contributed by atoms with Crippen molar-refractivity contribution in [2.24, 2.45) is 29.6 Å². The second kappa shape index (κ2) is 58.2. The fourth-order valence-electron chi connectivity index (χ4n) is 13.2. The second-order valence-corrected chi connectivity index (χ2v) is 34.5. The number of carboxylic acids is 5. The van der Waals surface area contributed by atoms with Gasteiger partial charge in [-0.2, -0.15) is 12.6 Å². The first kappa shape index (κ1) is 109. The number of hydrogen-bond donors (Lipinski definition) is 14. The molecule has 2 aromatic heterocycles. The number of aromatic hydroxyl groups is 1. The average Bonchev–Trinajstić information content (AvgIpc) is 1.33. The highest BCUT2D eigenvalue weighted by Crippen LogP contribution is 2.33. The van der Waals surface area contributed by atoms with Crippen LogP contribution < -0.4 is 37.2 Å². The highest BCUT2D eigenvalue weighted by molar-refractivity contribution is 8.76. The fourth-order valence-corrected chi connectivity index (χ4v) is 16.0. The first-order valence-corrected chi connectivity index (χ1v) is 45.5. The first-order chi connectivity index (χ1) is 60.7. The third kappa shape index (κ3) is 41.2. The number of nitrogens with one attached hydrogen (secondary N) is 7. The van der Waals surface area contributed by atoms with Crippen LogP contribution in [0.3, 0.4) is 0 Å². The van der Waals surface area contributed by atoms with Gasteiger partial charge in [-0.3, -0.25) is 76.8 Å². The molecule has 1 fully saturated rings. The predicted molar refractivity (Wildman–Crippen MR) is 469 cm³/mol. The Balaban J connectivity index is 0.000000555. The summed E-state index contributed by atoms with van der Waals surface area (Å²) in [6.07, 6.45) is -1.84. The number of phenolic OH excluding ortho intramolecular Hbond substituents is 1. The number of Topliss-reactive ketones (excluding diaryl/α,β-unsaturated/α-hetero) is 2. The molecular weight excluding hydrogens is 1750 g/mol. The van der Waals surface area contributed by atoms with Crippen molar-refractivity contribution in [3.8, 4) is 5.75 Å². The summed E-state index contributed by atoms with van der Waals surface area (Å²) in [5, 5.41) is 76.5. The first-order valence-electron chi connectivity index (χ1n) is 41.7. The topological polar surface area (TPSA) is 582 Å². The Labute approximate surface area is 758 Å². The van der Waals surface area contributed by atoms with Crippen LogP contribution in [0.15, 0.2) is 89.4 Å². The molecule has 39 nitrogen and oxygen atoms in total. The number of thiazole rings is 1. The van der Waals surface area contributed by atoms with Gasteiger partial charge in [-0.05, 0) is 123 Å². The molecule has 0 saturated carbocycles. The van der Waals surface area contributed by atoms with Gasteiger partial charge >= 0.3 is 53.8 Å². The molecule has 704 valence electrons. The maximum Gasteiger partial charge on any atom is 0.326 e. The Morgan fingerprint density at radius 1 is 0.688 bits per heavy atom. The van der Waals surface area contributed by atoms with E-state index in [4.69, 9.17) is 19.3 Å². The summed E-state index contributed by atoms with van der Waals surface area (Å²) >= 11 is 5.05. The molecule has 0 spiro atoms. The maximum absolute atomic E-state index is 14.9. The van der Waals surface area contributed by atoms with Gasteiger partial charge in [0, 0.05) is 93.0 Å². The Hall–Kier alpha value is -11.3. The van der Waals surface area contributed by atoms with Crippen LogP contribution in [0.1, 0.15) is 190 Å². The van der Waals surface area contributed by atoms with Crippen molar-refractivity contribution in [2.45, 2.75) is 230 Å². The number of hydrogen-bond acceptors (Lipinski definition) is 30. The van der Waals surface area contributed by atoms with Crippen LogP contribution in [0.4, 0.5) is 4.79 Å². The van der Waals surface area contributed by atoms with E-state index >= 15 is 0 Å². The summed E-state index contributed by atoms with van der Waals surface area (Å²) < 4.78 is 21.4. The number of ketones is 2. The lowest BCUT2D eigenvalue weighted by Crippen LogP contribution is -2.59. The van der Waals surface area contributed by atoms with Gasteiger partial charge in [0.25, 0.3) is 12.4 Å². The van der Waals surface area contributed by atoms with Gasteiger partial charge in [0.05, 0.1) is 36.8 Å². The van der Waals surface area contributed by atoms with Crippen LogP contribution in [0, 0.1) is 29.6 Å². The van der Waals surface area contributed by atoms with Crippen molar-refractivity contribution < 1.29 is 136 Å². The number of esters is 3. The number of carbonyl (C=O) groups is 18. The van der Waals surface area contributed by atoms with E-state index in [1.54, 1.807) is 55.6 Å². The molecule has 0 aliphatic carbocycles. The number of urea groups is 1. The molecule has 5 rings (SSSR count). The highest BCUT2D eigenvalue weighted by atomic mass is 33.1. The number of pyridine rings is 1. The van der Waals surface area contributed by atoms with Crippen molar-refractivity contribution in [3.63, 3.8) is 0 Å². The monoisotopic (exact) mass is 1870 g/mol. The van der Waals surface area contributed by atoms with Gasteiger partial charge in [-0.15, -0.1) is 11.3 Å². The number of phenols is 1. The van der Waals surface area contributed by atoms with E-state index in [0.717, 1.165) is 41.3 Å². The van der Waals surface area contributed by atoms with Gasteiger partial charge in [-0.1, -0.05) is 114 Å². The molecule has 0 radical (unpaired) electrons. The van der Waals surface area contributed by atoms with Crippen molar-refractivity contribution in [3.05, 3.63) is 106 Å². The molecular formula is C85H117N11O28S4. The quantitative estimate of drug-likeness (QED) is 0.00428. The molecule has 3 heterocycles. The highest BCUT2D eigenvalue weighted by Gasteiger charge is 2.41. The minimum atomic E-state index is -1.72. The molecule has 1 aliphatic heterocycles. The summed E-state index contributed by atoms with van der Waals surface area (Å²) in [4.78, 5) is 239. The number of aromatic nitrogens is 2. The number of amides is 8. The number of carboxylic acid groups (broad SMARTS) is 5. The van der Waals surface area contributed by atoms with Crippen LogP contribution >= 0.6 is 45.6 Å². The minimum absolute atomic E-state index is 0.0169. The Kier molecular flexibility index (Phi) is 49.6. The summed E-state index contributed by atoms with van der Waals surface area (Å²) in [6.45, 7) is 12.5. The van der Waals surface area contributed by atoms with E-state index in [-0.39, 0.29) is 98.1 Å². The molecule has 1 aliphatic rings. The maximum atomic E-state index is 14.9. The van der Waals surface area contributed by atoms with Crippen LogP contribution in [0.25, 0.3) is 0 Å².